The Kier molecular flexibility index (Phi) is 5.95. The number of primary amides is 1. The van der Waals surface area contributed by atoms with E-state index in [0.29, 0.717) is 35.1 Å². The monoisotopic (exact) mass is 513 g/mol. The van der Waals surface area contributed by atoms with Crippen LogP contribution in [0.2, 0.25) is 10.0 Å². The molecule has 6 nitrogen and oxygen atoms in total. The maximum absolute atomic E-state index is 14.5. The highest BCUT2D eigenvalue weighted by Crippen LogP contribution is 2.45. The molecular formula is C26H22Cl2FN3O3. The molecule has 0 saturated carbocycles. The van der Waals surface area contributed by atoms with Crippen molar-refractivity contribution in [2.45, 2.75) is 0 Å². The van der Waals surface area contributed by atoms with Gasteiger partial charge in [-0.05, 0) is 48.0 Å². The smallest absolute Gasteiger partial charge is 0.262 e. The van der Waals surface area contributed by atoms with Crippen LogP contribution < -0.4 is 15.5 Å². The third-order valence-electron chi connectivity index (χ3n) is 6.59. The Morgan fingerprint density at radius 2 is 1.80 bits per heavy atom. The van der Waals surface area contributed by atoms with E-state index < -0.39 is 17.6 Å². The number of halogens is 3. The molecule has 2 aliphatic rings. The molecule has 2 heterocycles. The van der Waals surface area contributed by atoms with Gasteiger partial charge in [-0.1, -0.05) is 35.3 Å². The molecule has 0 aliphatic carbocycles. The number of hydrogen-bond donors (Lipinski definition) is 1. The van der Waals surface area contributed by atoms with E-state index in [-0.39, 0.29) is 16.0 Å². The van der Waals surface area contributed by atoms with Crippen LogP contribution in [0.1, 0.15) is 20.7 Å². The first-order valence-electron chi connectivity index (χ1n) is 11.0. The summed E-state index contributed by atoms with van der Waals surface area (Å²) in [5.74, 6) is -1.79. The van der Waals surface area contributed by atoms with Crippen LogP contribution in [-0.2, 0) is 4.74 Å². The second-order valence-corrected chi connectivity index (χ2v) is 9.89. The maximum atomic E-state index is 14.5. The van der Waals surface area contributed by atoms with Crippen molar-refractivity contribution in [2.75, 3.05) is 43.2 Å². The van der Waals surface area contributed by atoms with Crippen LogP contribution in [0, 0.1) is 11.2 Å². The first kappa shape index (κ1) is 23.6. The Bertz CT molecular complexity index is 1330. The number of rotatable bonds is 5. The van der Waals surface area contributed by atoms with E-state index in [1.165, 1.54) is 23.1 Å². The number of nitrogens with two attached hydrogens (primary N) is 1. The van der Waals surface area contributed by atoms with E-state index >= 15 is 0 Å². The van der Waals surface area contributed by atoms with Crippen molar-refractivity contribution in [3.8, 4) is 11.1 Å². The molecule has 2 fully saturated rings. The fourth-order valence-electron chi connectivity index (χ4n) is 4.61. The number of ether oxygens (including phenoxy) is 1. The Hall–Kier alpha value is -3.13. The molecule has 9 heteroatoms. The van der Waals surface area contributed by atoms with Crippen LogP contribution >= 0.6 is 23.2 Å². The van der Waals surface area contributed by atoms with E-state index in [1.807, 2.05) is 6.07 Å². The third kappa shape index (κ3) is 4.14. The lowest BCUT2D eigenvalue weighted by Gasteiger charge is -2.56. The Balaban J connectivity index is 1.57. The molecule has 0 atom stereocenters. The summed E-state index contributed by atoms with van der Waals surface area (Å²) in [6, 6.07) is 14.5. The summed E-state index contributed by atoms with van der Waals surface area (Å²) in [4.78, 5) is 28.5. The van der Waals surface area contributed by atoms with Crippen LogP contribution in [0.4, 0.5) is 15.8 Å². The Morgan fingerprint density at radius 3 is 2.43 bits per heavy atom. The zero-order valence-electron chi connectivity index (χ0n) is 18.9. The average molecular weight is 514 g/mol. The SMILES string of the molecule is CN(C(=O)c1c(F)cccc1Cl)c1ccc(-c2cc(C(N)=O)ccc2Cl)cc1N1CC2(COC2)C1. The minimum Gasteiger partial charge on any atom is -0.380 e. The molecule has 1 spiro atoms. The van der Waals surface area contributed by atoms with Gasteiger partial charge in [-0.3, -0.25) is 9.59 Å². The summed E-state index contributed by atoms with van der Waals surface area (Å²) < 4.78 is 19.9. The molecule has 0 radical (unpaired) electrons. The Labute approximate surface area is 212 Å². The topological polar surface area (TPSA) is 75.9 Å². The van der Waals surface area contributed by atoms with Crippen molar-refractivity contribution in [3.05, 3.63) is 81.6 Å². The second kappa shape index (κ2) is 8.82. The van der Waals surface area contributed by atoms with Crippen LogP contribution in [0.15, 0.2) is 54.6 Å². The van der Waals surface area contributed by atoms with Gasteiger partial charge >= 0.3 is 0 Å². The molecule has 3 aromatic carbocycles. The van der Waals surface area contributed by atoms with E-state index in [1.54, 1.807) is 37.4 Å². The first-order valence-corrected chi connectivity index (χ1v) is 11.7. The summed E-state index contributed by atoms with van der Waals surface area (Å²) in [6.45, 7) is 2.93. The zero-order chi connectivity index (χ0) is 24.9. The quantitative estimate of drug-likeness (QED) is 0.520. The molecule has 0 bridgehead atoms. The molecule has 2 aliphatic heterocycles. The number of anilines is 2. The standard InChI is InChI=1S/C26H22Cl2FN3O3/c1-31(25(34)23-19(28)3-2-4-20(23)29)21-8-6-15(17-9-16(24(30)33)5-7-18(17)27)10-22(21)32-11-26(12-32)13-35-14-26/h2-10H,11-14H2,1H3,(H2,30,33). The molecular weight excluding hydrogens is 492 g/mol. The van der Waals surface area contributed by atoms with Gasteiger partial charge in [-0.25, -0.2) is 4.39 Å². The number of hydrogen-bond acceptors (Lipinski definition) is 4. The second-order valence-electron chi connectivity index (χ2n) is 9.07. The fourth-order valence-corrected chi connectivity index (χ4v) is 5.08. The average Bonchev–Trinajstić information content (AvgIpc) is 2.76. The van der Waals surface area contributed by atoms with E-state index in [9.17, 15) is 14.0 Å². The predicted octanol–water partition coefficient (Wildman–Crippen LogP) is 5.01. The number of carbonyl (C=O) groups excluding carboxylic acids is 2. The van der Waals surface area contributed by atoms with Crippen LogP contribution in [-0.4, -0.2) is 45.2 Å². The number of benzene rings is 3. The molecule has 35 heavy (non-hydrogen) atoms. The molecule has 2 amide bonds. The molecule has 3 aromatic rings. The normalized spacial score (nSPS) is 15.9. The van der Waals surface area contributed by atoms with Crippen molar-refractivity contribution in [3.63, 3.8) is 0 Å². The number of amides is 2. The van der Waals surface area contributed by atoms with Gasteiger partial charge in [0.25, 0.3) is 5.91 Å². The third-order valence-corrected chi connectivity index (χ3v) is 7.23. The molecule has 0 unspecified atom stereocenters. The van der Waals surface area contributed by atoms with Crippen molar-refractivity contribution >= 4 is 46.4 Å². The summed E-state index contributed by atoms with van der Waals surface area (Å²) in [5, 5.41) is 0.508. The van der Waals surface area contributed by atoms with Crippen LogP contribution in [0.25, 0.3) is 11.1 Å². The van der Waals surface area contributed by atoms with Gasteiger partial charge in [0.15, 0.2) is 0 Å². The van der Waals surface area contributed by atoms with E-state index in [4.69, 9.17) is 33.7 Å². The minimum atomic E-state index is -0.683. The zero-order valence-corrected chi connectivity index (χ0v) is 20.4. The highest BCUT2D eigenvalue weighted by molar-refractivity contribution is 6.35. The lowest BCUT2D eigenvalue weighted by Crippen LogP contribution is -2.66. The number of carbonyl (C=O) groups is 2. The van der Waals surface area contributed by atoms with Crippen LogP contribution in [0.3, 0.4) is 0 Å². The number of nitrogens with zero attached hydrogens (tertiary/aromatic N) is 2. The van der Waals surface area contributed by atoms with Gasteiger partial charge in [0.05, 0.1) is 40.6 Å². The summed E-state index contributed by atoms with van der Waals surface area (Å²) in [5.41, 5.74) is 8.51. The van der Waals surface area contributed by atoms with E-state index in [2.05, 4.69) is 4.90 Å². The minimum absolute atomic E-state index is 0.0459. The van der Waals surface area contributed by atoms with Gasteiger partial charge in [-0.15, -0.1) is 0 Å². The van der Waals surface area contributed by atoms with E-state index in [0.717, 1.165) is 24.3 Å². The first-order chi connectivity index (χ1) is 16.7. The highest BCUT2D eigenvalue weighted by atomic mass is 35.5. The Morgan fingerprint density at radius 1 is 1.06 bits per heavy atom. The van der Waals surface area contributed by atoms with Crippen molar-refractivity contribution in [2.24, 2.45) is 11.1 Å². The highest BCUT2D eigenvalue weighted by Gasteiger charge is 2.49. The fraction of sp³-hybridized carbons (Fsp3) is 0.231. The molecule has 180 valence electrons. The van der Waals surface area contributed by atoms with Gasteiger partial charge < -0.3 is 20.3 Å². The van der Waals surface area contributed by atoms with Crippen LogP contribution in [0.5, 0.6) is 0 Å². The van der Waals surface area contributed by atoms with Crippen molar-refractivity contribution in [1.29, 1.82) is 0 Å². The van der Waals surface area contributed by atoms with Crippen molar-refractivity contribution in [1.82, 2.24) is 0 Å². The van der Waals surface area contributed by atoms with Gasteiger partial charge in [0.2, 0.25) is 5.91 Å². The van der Waals surface area contributed by atoms with Gasteiger partial charge in [0.1, 0.15) is 5.82 Å². The van der Waals surface area contributed by atoms with Gasteiger partial charge in [0, 0.05) is 36.3 Å². The lowest BCUT2D eigenvalue weighted by atomic mass is 9.77. The largest absolute Gasteiger partial charge is 0.380 e. The molecule has 2 saturated heterocycles. The summed E-state index contributed by atoms with van der Waals surface area (Å²) in [7, 11) is 1.59. The van der Waals surface area contributed by atoms with Crippen molar-refractivity contribution < 1.29 is 18.7 Å². The van der Waals surface area contributed by atoms with Gasteiger partial charge in [-0.2, -0.15) is 0 Å². The summed E-state index contributed by atoms with van der Waals surface area (Å²) in [6.07, 6.45) is 0. The molecule has 2 N–H and O–H groups in total. The maximum Gasteiger partial charge on any atom is 0.262 e. The molecule has 5 rings (SSSR count). The lowest BCUT2D eigenvalue weighted by molar-refractivity contribution is -0.127. The predicted molar refractivity (Wildman–Crippen MR) is 135 cm³/mol. The summed E-state index contributed by atoms with van der Waals surface area (Å²) >= 11 is 12.6. The molecule has 0 aromatic heterocycles.